The molecule has 30 heavy (non-hydrogen) atoms. The SMILES string of the molecule is COc1ccc(-c2nn(CC(=O)NC3CCCC3)c(=O)c3nc(C)sc23)cc1OC. The molecule has 1 aliphatic rings. The third-order valence-electron chi connectivity index (χ3n) is 5.28. The number of hydrogen-bond acceptors (Lipinski definition) is 7. The van der Waals surface area contributed by atoms with Crippen LogP contribution in [0, 0.1) is 6.92 Å². The second-order valence-electron chi connectivity index (χ2n) is 7.34. The highest BCUT2D eigenvalue weighted by Crippen LogP contribution is 2.35. The minimum Gasteiger partial charge on any atom is -0.493 e. The summed E-state index contributed by atoms with van der Waals surface area (Å²) in [5.74, 6) is 0.950. The molecule has 1 saturated carbocycles. The lowest BCUT2D eigenvalue weighted by molar-refractivity contribution is -0.122. The van der Waals surface area contributed by atoms with E-state index < -0.39 is 0 Å². The van der Waals surface area contributed by atoms with Gasteiger partial charge in [0.2, 0.25) is 5.91 Å². The third kappa shape index (κ3) is 3.89. The summed E-state index contributed by atoms with van der Waals surface area (Å²) in [5, 5.41) is 8.32. The fourth-order valence-electron chi connectivity index (χ4n) is 3.83. The fraction of sp³-hybridized carbons (Fsp3) is 0.429. The van der Waals surface area contributed by atoms with E-state index in [-0.39, 0.29) is 24.1 Å². The first-order valence-electron chi connectivity index (χ1n) is 9.90. The lowest BCUT2D eigenvalue weighted by Crippen LogP contribution is -2.38. The molecule has 0 unspecified atom stereocenters. The number of hydrogen-bond donors (Lipinski definition) is 1. The van der Waals surface area contributed by atoms with Crippen LogP contribution in [0.4, 0.5) is 0 Å². The van der Waals surface area contributed by atoms with Gasteiger partial charge in [-0.2, -0.15) is 5.10 Å². The third-order valence-corrected chi connectivity index (χ3v) is 6.26. The van der Waals surface area contributed by atoms with Crippen molar-refractivity contribution in [2.45, 2.75) is 45.2 Å². The number of aromatic nitrogens is 3. The van der Waals surface area contributed by atoms with Gasteiger partial charge in [0.1, 0.15) is 12.2 Å². The van der Waals surface area contributed by atoms with Crippen molar-refractivity contribution in [1.82, 2.24) is 20.1 Å². The number of aryl methyl sites for hydroxylation is 1. The van der Waals surface area contributed by atoms with Gasteiger partial charge in [0.05, 0.1) is 23.9 Å². The highest BCUT2D eigenvalue weighted by atomic mass is 32.1. The first-order chi connectivity index (χ1) is 14.5. The van der Waals surface area contributed by atoms with E-state index in [1.807, 2.05) is 19.1 Å². The van der Waals surface area contributed by atoms with Gasteiger partial charge >= 0.3 is 0 Å². The number of carbonyl (C=O) groups is 1. The summed E-state index contributed by atoms with van der Waals surface area (Å²) >= 11 is 1.41. The topological polar surface area (TPSA) is 95.3 Å². The molecule has 0 saturated heterocycles. The van der Waals surface area contributed by atoms with E-state index in [0.717, 1.165) is 36.3 Å². The van der Waals surface area contributed by atoms with E-state index in [4.69, 9.17) is 9.47 Å². The molecule has 4 rings (SSSR count). The molecule has 1 amide bonds. The Kier molecular flexibility index (Phi) is 5.72. The summed E-state index contributed by atoms with van der Waals surface area (Å²) in [5.41, 5.74) is 1.31. The molecule has 0 bridgehead atoms. The average molecular weight is 429 g/mol. The van der Waals surface area contributed by atoms with E-state index >= 15 is 0 Å². The number of amides is 1. The van der Waals surface area contributed by atoms with Crippen molar-refractivity contribution in [2.24, 2.45) is 0 Å². The molecule has 1 aliphatic carbocycles. The number of benzene rings is 1. The van der Waals surface area contributed by atoms with E-state index in [2.05, 4.69) is 15.4 Å². The van der Waals surface area contributed by atoms with Crippen molar-refractivity contribution in [1.29, 1.82) is 0 Å². The predicted molar refractivity (Wildman–Crippen MR) is 115 cm³/mol. The van der Waals surface area contributed by atoms with E-state index in [9.17, 15) is 9.59 Å². The zero-order valence-corrected chi connectivity index (χ0v) is 18.0. The maximum Gasteiger partial charge on any atom is 0.294 e. The Bertz CT molecular complexity index is 1150. The average Bonchev–Trinajstić information content (AvgIpc) is 3.39. The lowest BCUT2D eigenvalue weighted by atomic mass is 10.1. The van der Waals surface area contributed by atoms with Crippen LogP contribution in [-0.2, 0) is 11.3 Å². The number of carbonyl (C=O) groups excluding carboxylic acids is 1. The quantitative estimate of drug-likeness (QED) is 0.649. The van der Waals surface area contributed by atoms with Crippen molar-refractivity contribution in [3.8, 4) is 22.8 Å². The Hall–Kier alpha value is -2.94. The molecule has 2 aromatic heterocycles. The van der Waals surface area contributed by atoms with Crippen LogP contribution in [0.25, 0.3) is 21.5 Å². The second kappa shape index (κ2) is 8.43. The number of nitrogens with zero attached hydrogens (tertiary/aromatic N) is 3. The Morgan fingerprint density at radius 1 is 1.23 bits per heavy atom. The summed E-state index contributed by atoms with van der Waals surface area (Å²) < 4.78 is 12.6. The molecule has 0 atom stereocenters. The lowest BCUT2D eigenvalue weighted by Gasteiger charge is -2.14. The van der Waals surface area contributed by atoms with Crippen LogP contribution < -0.4 is 20.3 Å². The highest BCUT2D eigenvalue weighted by molar-refractivity contribution is 7.19. The largest absolute Gasteiger partial charge is 0.493 e. The maximum atomic E-state index is 12.9. The maximum absolute atomic E-state index is 12.9. The monoisotopic (exact) mass is 428 g/mol. The van der Waals surface area contributed by atoms with Crippen LogP contribution in [0.5, 0.6) is 11.5 Å². The van der Waals surface area contributed by atoms with E-state index in [1.54, 1.807) is 20.3 Å². The number of fused-ring (bicyclic) bond motifs is 1. The summed E-state index contributed by atoms with van der Waals surface area (Å²) in [6.07, 6.45) is 4.21. The van der Waals surface area contributed by atoms with Crippen molar-refractivity contribution >= 4 is 27.5 Å². The van der Waals surface area contributed by atoms with E-state index in [1.165, 1.54) is 16.0 Å². The van der Waals surface area contributed by atoms with Crippen LogP contribution in [0.15, 0.2) is 23.0 Å². The smallest absolute Gasteiger partial charge is 0.294 e. The summed E-state index contributed by atoms with van der Waals surface area (Å²) in [6.45, 7) is 1.71. The van der Waals surface area contributed by atoms with Crippen LogP contribution >= 0.6 is 11.3 Å². The molecule has 1 aromatic carbocycles. The molecule has 1 N–H and O–H groups in total. The molecule has 158 valence electrons. The molecule has 9 heteroatoms. The Morgan fingerprint density at radius 3 is 2.67 bits per heavy atom. The Labute approximate surface area is 177 Å². The van der Waals surface area contributed by atoms with Gasteiger partial charge in [-0.3, -0.25) is 9.59 Å². The van der Waals surface area contributed by atoms with Gasteiger partial charge in [0.25, 0.3) is 5.56 Å². The van der Waals surface area contributed by atoms with Crippen LogP contribution in [0.3, 0.4) is 0 Å². The highest BCUT2D eigenvalue weighted by Gasteiger charge is 2.21. The van der Waals surface area contributed by atoms with Crippen LogP contribution in [-0.4, -0.2) is 40.9 Å². The van der Waals surface area contributed by atoms with Crippen molar-refractivity contribution < 1.29 is 14.3 Å². The number of rotatable bonds is 6. The van der Waals surface area contributed by atoms with Crippen molar-refractivity contribution in [3.05, 3.63) is 33.6 Å². The summed E-state index contributed by atoms with van der Waals surface area (Å²) in [6, 6.07) is 5.63. The number of methoxy groups -OCH3 is 2. The molecule has 0 spiro atoms. The standard InChI is InChI=1S/C21H24N4O4S/c1-12-22-19-20(30-12)18(13-8-9-15(28-2)16(10-13)29-3)24-25(21(19)27)11-17(26)23-14-6-4-5-7-14/h8-10,14H,4-7,11H2,1-3H3,(H,23,26). The first-order valence-corrected chi connectivity index (χ1v) is 10.7. The molecule has 1 fully saturated rings. The van der Waals surface area contributed by atoms with Gasteiger partial charge in [0.15, 0.2) is 17.0 Å². The number of thiazole rings is 1. The number of nitrogens with one attached hydrogen (secondary N) is 1. The Morgan fingerprint density at radius 2 is 1.97 bits per heavy atom. The summed E-state index contributed by atoms with van der Waals surface area (Å²) in [4.78, 5) is 29.9. The van der Waals surface area contributed by atoms with Crippen LogP contribution in [0.2, 0.25) is 0 Å². The zero-order valence-electron chi connectivity index (χ0n) is 17.2. The molecule has 3 aromatic rings. The molecule has 0 radical (unpaired) electrons. The van der Waals surface area contributed by atoms with E-state index in [0.29, 0.717) is 27.4 Å². The molecule has 2 heterocycles. The van der Waals surface area contributed by atoms with Gasteiger partial charge in [-0.15, -0.1) is 11.3 Å². The predicted octanol–water partition coefficient (Wildman–Crippen LogP) is 2.90. The fourth-order valence-corrected chi connectivity index (χ4v) is 4.74. The normalized spacial score (nSPS) is 14.2. The minimum atomic E-state index is -0.361. The van der Waals surface area contributed by atoms with Gasteiger partial charge in [-0.05, 0) is 38.0 Å². The van der Waals surface area contributed by atoms with Crippen LogP contribution in [0.1, 0.15) is 30.7 Å². The molecular weight excluding hydrogens is 404 g/mol. The van der Waals surface area contributed by atoms with Crippen molar-refractivity contribution in [2.75, 3.05) is 14.2 Å². The first kappa shape index (κ1) is 20.3. The zero-order chi connectivity index (χ0) is 21.3. The molecular formula is C21H24N4O4S. The molecule has 8 nitrogen and oxygen atoms in total. The van der Waals surface area contributed by atoms with Crippen molar-refractivity contribution in [3.63, 3.8) is 0 Å². The summed E-state index contributed by atoms with van der Waals surface area (Å²) in [7, 11) is 3.14. The van der Waals surface area contributed by atoms with Gasteiger partial charge in [-0.1, -0.05) is 12.8 Å². The number of ether oxygens (including phenoxy) is 2. The minimum absolute atomic E-state index is 0.137. The Balaban J connectivity index is 1.76. The van der Waals surface area contributed by atoms with Gasteiger partial charge in [-0.25, -0.2) is 9.67 Å². The van der Waals surface area contributed by atoms with Gasteiger partial charge in [0, 0.05) is 11.6 Å². The second-order valence-corrected chi connectivity index (χ2v) is 8.54. The molecule has 0 aliphatic heterocycles. The van der Waals surface area contributed by atoms with Gasteiger partial charge < -0.3 is 14.8 Å².